The molecule has 0 radical (unpaired) electrons. The van der Waals surface area contributed by atoms with Crippen LogP contribution in [-0.4, -0.2) is 29.5 Å². The van der Waals surface area contributed by atoms with Gasteiger partial charge in [0, 0.05) is 12.5 Å². The quantitative estimate of drug-likeness (QED) is 0.581. The van der Waals surface area contributed by atoms with E-state index in [-0.39, 0.29) is 31.3 Å². The number of benzene rings is 1. The molecule has 0 saturated heterocycles. The summed E-state index contributed by atoms with van der Waals surface area (Å²) in [6, 6.07) is -1.23. The van der Waals surface area contributed by atoms with Gasteiger partial charge in [0.2, 0.25) is 11.6 Å². The summed E-state index contributed by atoms with van der Waals surface area (Å²) < 4.78 is 56.6. The normalized spacial score (nSPS) is 11.5. The number of ether oxygens (including phenoxy) is 1. The maximum atomic E-state index is 13.2. The lowest BCUT2D eigenvalue weighted by Gasteiger charge is -2.12. The number of aliphatic carboxylic acids is 1. The number of carbonyl (C=O) groups is 2. The molecule has 0 fully saturated rings. The average molecular weight is 346 g/mol. The third kappa shape index (κ3) is 5.15. The molecule has 1 rings (SSSR count). The van der Waals surface area contributed by atoms with E-state index in [4.69, 9.17) is 10.8 Å². The van der Waals surface area contributed by atoms with Crippen molar-refractivity contribution in [2.45, 2.75) is 18.9 Å². The van der Waals surface area contributed by atoms with E-state index in [0.717, 1.165) is 0 Å². The van der Waals surface area contributed by atoms with Crippen molar-refractivity contribution < 1.29 is 37.0 Å². The van der Waals surface area contributed by atoms with Crippen molar-refractivity contribution in [3.8, 4) is 5.75 Å². The molecule has 10 heteroatoms. The second-order valence-corrected chi connectivity index (χ2v) is 4.09. The van der Waals surface area contributed by atoms with Crippen molar-refractivity contribution >= 4 is 24.2 Å². The van der Waals surface area contributed by atoms with E-state index in [1.807, 2.05) is 0 Å². The van der Waals surface area contributed by atoms with Gasteiger partial charge in [0.25, 0.3) is 0 Å². The van der Waals surface area contributed by atoms with E-state index in [1.165, 1.54) is 0 Å². The van der Waals surface area contributed by atoms with Crippen molar-refractivity contribution in [3.05, 3.63) is 29.3 Å². The molecule has 0 aliphatic rings. The van der Waals surface area contributed by atoms with E-state index in [9.17, 15) is 27.2 Å². The highest BCUT2D eigenvalue weighted by Crippen LogP contribution is 2.26. The molecular formula is C12H12ClF4NO4. The molecule has 5 nitrogen and oxygen atoms in total. The molecule has 0 aromatic heterocycles. The van der Waals surface area contributed by atoms with Crippen LogP contribution >= 0.6 is 12.4 Å². The van der Waals surface area contributed by atoms with E-state index in [0.29, 0.717) is 0 Å². The fourth-order valence-corrected chi connectivity index (χ4v) is 1.37. The van der Waals surface area contributed by atoms with Gasteiger partial charge in [0.15, 0.2) is 23.2 Å². The molecule has 0 heterocycles. The van der Waals surface area contributed by atoms with Gasteiger partial charge in [-0.25, -0.2) is 8.78 Å². The summed E-state index contributed by atoms with van der Waals surface area (Å²) in [7, 11) is 0. The standard InChI is InChI=1S/C12H11F4NO4.ClH/c13-5-3-6(14)11(16)12(10(5)15)21-4-8(18)7(17)1-2-9(19)20;/h3,7H,1-2,4,17H2,(H,19,20);1H/t7-;/m0./s1. The number of hydrogen-bond acceptors (Lipinski definition) is 4. The molecule has 0 unspecified atom stereocenters. The fourth-order valence-electron chi connectivity index (χ4n) is 1.37. The Kier molecular flexibility index (Phi) is 7.82. The maximum Gasteiger partial charge on any atom is 0.303 e. The zero-order valence-electron chi connectivity index (χ0n) is 10.9. The molecule has 1 aromatic rings. The van der Waals surface area contributed by atoms with Gasteiger partial charge in [-0.1, -0.05) is 0 Å². The minimum atomic E-state index is -1.78. The van der Waals surface area contributed by atoms with Crippen molar-refractivity contribution in [1.82, 2.24) is 0 Å². The Morgan fingerprint density at radius 2 is 1.68 bits per heavy atom. The number of halogens is 5. The number of ketones is 1. The summed E-state index contributed by atoms with van der Waals surface area (Å²) in [6.45, 7) is -0.947. The predicted molar refractivity (Wildman–Crippen MR) is 68.9 cm³/mol. The minimum Gasteiger partial charge on any atom is -0.481 e. The van der Waals surface area contributed by atoms with E-state index in [1.54, 1.807) is 0 Å². The first-order chi connectivity index (χ1) is 9.73. The molecule has 0 bridgehead atoms. The Balaban J connectivity index is 0.00000441. The van der Waals surface area contributed by atoms with Crippen LogP contribution in [0.15, 0.2) is 6.07 Å². The van der Waals surface area contributed by atoms with Gasteiger partial charge in [-0.2, -0.15) is 8.78 Å². The first-order valence-electron chi connectivity index (χ1n) is 5.70. The zero-order chi connectivity index (χ0) is 16.2. The number of carbonyl (C=O) groups excluding carboxylic acids is 1. The van der Waals surface area contributed by atoms with Crippen molar-refractivity contribution in [2.75, 3.05) is 6.61 Å². The number of nitrogens with two attached hydrogens (primary N) is 1. The molecule has 1 aromatic carbocycles. The molecule has 0 amide bonds. The van der Waals surface area contributed by atoms with Crippen LogP contribution in [0.3, 0.4) is 0 Å². The molecule has 1 atom stereocenters. The molecule has 22 heavy (non-hydrogen) atoms. The summed E-state index contributed by atoms with van der Waals surface area (Å²) in [4.78, 5) is 21.7. The maximum absolute atomic E-state index is 13.2. The Bertz CT molecular complexity index is 544. The van der Waals surface area contributed by atoms with Crippen LogP contribution in [0.5, 0.6) is 5.75 Å². The number of carboxylic acids is 1. The van der Waals surface area contributed by atoms with Crippen LogP contribution in [0.2, 0.25) is 0 Å². The zero-order valence-corrected chi connectivity index (χ0v) is 11.8. The first kappa shape index (κ1) is 20.1. The lowest BCUT2D eigenvalue weighted by molar-refractivity contribution is -0.137. The number of carboxylic acid groups (broad SMARTS) is 1. The van der Waals surface area contributed by atoms with Gasteiger partial charge < -0.3 is 15.6 Å². The van der Waals surface area contributed by atoms with Gasteiger partial charge in [-0.05, 0) is 6.42 Å². The minimum absolute atomic E-state index is 0. The summed E-state index contributed by atoms with van der Waals surface area (Å²) in [6.07, 6.45) is -0.593. The number of Topliss-reactive ketones (excluding diaryl/α,β-unsaturated/α-hetero) is 1. The van der Waals surface area contributed by atoms with Crippen molar-refractivity contribution in [2.24, 2.45) is 5.73 Å². The summed E-state index contributed by atoms with van der Waals surface area (Å²) >= 11 is 0. The second kappa shape index (κ2) is 8.54. The highest BCUT2D eigenvalue weighted by Gasteiger charge is 2.23. The lowest BCUT2D eigenvalue weighted by Crippen LogP contribution is -2.35. The van der Waals surface area contributed by atoms with Gasteiger partial charge in [0.05, 0.1) is 6.04 Å². The Hall–Kier alpha value is -1.87. The Morgan fingerprint density at radius 3 is 2.14 bits per heavy atom. The molecule has 3 N–H and O–H groups in total. The van der Waals surface area contributed by atoms with Gasteiger partial charge >= 0.3 is 5.97 Å². The second-order valence-electron chi connectivity index (χ2n) is 4.09. The monoisotopic (exact) mass is 345 g/mol. The Morgan fingerprint density at radius 1 is 1.18 bits per heavy atom. The summed E-state index contributed by atoms with van der Waals surface area (Å²) in [5.41, 5.74) is 5.34. The van der Waals surface area contributed by atoms with Gasteiger partial charge in [-0.3, -0.25) is 9.59 Å². The van der Waals surface area contributed by atoms with E-state index in [2.05, 4.69) is 4.74 Å². The SMILES string of the molecule is Cl.N[C@@H](CCC(=O)O)C(=O)COc1c(F)c(F)cc(F)c1F. The number of hydrogen-bond donors (Lipinski definition) is 2. The Labute approximate surface area is 128 Å². The third-order valence-corrected chi connectivity index (χ3v) is 2.51. The van der Waals surface area contributed by atoms with Crippen LogP contribution < -0.4 is 10.5 Å². The largest absolute Gasteiger partial charge is 0.481 e. The van der Waals surface area contributed by atoms with Crippen LogP contribution in [0.25, 0.3) is 0 Å². The highest BCUT2D eigenvalue weighted by molar-refractivity contribution is 5.86. The molecular weight excluding hydrogens is 334 g/mol. The first-order valence-corrected chi connectivity index (χ1v) is 5.70. The third-order valence-electron chi connectivity index (χ3n) is 2.51. The lowest BCUT2D eigenvalue weighted by atomic mass is 10.1. The van der Waals surface area contributed by atoms with E-state index < -0.39 is 53.4 Å². The fraction of sp³-hybridized carbons (Fsp3) is 0.333. The highest BCUT2D eigenvalue weighted by atomic mass is 35.5. The van der Waals surface area contributed by atoms with E-state index >= 15 is 0 Å². The van der Waals surface area contributed by atoms with Crippen LogP contribution in [0.1, 0.15) is 12.8 Å². The molecule has 0 spiro atoms. The van der Waals surface area contributed by atoms with Crippen LogP contribution in [0.4, 0.5) is 17.6 Å². The predicted octanol–water partition coefficient (Wildman–Crippen LogP) is 1.80. The average Bonchev–Trinajstić information content (AvgIpc) is 2.42. The molecule has 0 saturated carbocycles. The number of rotatable bonds is 7. The van der Waals surface area contributed by atoms with Gasteiger partial charge in [-0.15, -0.1) is 12.4 Å². The topological polar surface area (TPSA) is 89.6 Å². The van der Waals surface area contributed by atoms with Crippen molar-refractivity contribution in [1.29, 1.82) is 0 Å². The van der Waals surface area contributed by atoms with Gasteiger partial charge in [0.1, 0.15) is 6.61 Å². The van der Waals surface area contributed by atoms with Crippen molar-refractivity contribution in [3.63, 3.8) is 0 Å². The van der Waals surface area contributed by atoms with Crippen LogP contribution in [0, 0.1) is 23.3 Å². The summed E-state index contributed by atoms with van der Waals surface area (Å²) in [5.74, 6) is -10.3. The molecule has 0 aliphatic carbocycles. The molecule has 124 valence electrons. The smallest absolute Gasteiger partial charge is 0.303 e. The summed E-state index contributed by atoms with van der Waals surface area (Å²) in [5, 5.41) is 8.41. The van der Waals surface area contributed by atoms with Crippen LogP contribution in [-0.2, 0) is 9.59 Å². The molecule has 0 aliphatic heterocycles.